The molecule has 0 saturated carbocycles. The van der Waals surface area contributed by atoms with Crippen LogP contribution in [0.5, 0.6) is 5.75 Å². The van der Waals surface area contributed by atoms with E-state index in [4.69, 9.17) is 9.47 Å². The summed E-state index contributed by atoms with van der Waals surface area (Å²) < 4.78 is 42.0. The van der Waals surface area contributed by atoms with Crippen molar-refractivity contribution in [3.63, 3.8) is 0 Å². The predicted octanol–water partition coefficient (Wildman–Crippen LogP) is -2.55. The minimum absolute atomic E-state index is 0.379. The zero-order valence-corrected chi connectivity index (χ0v) is 14.7. The van der Waals surface area contributed by atoms with Crippen LogP contribution in [0.25, 0.3) is 0 Å². The van der Waals surface area contributed by atoms with E-state index < -0.39 is 53.6 Å². The topological polar surface area (TPSA) is 168 Å². The fraction of sp³-hybridized carbons (Fsp3) is 0.500. The molecule has 0 bridgehead atoms. The van der Waals surface area contributed by atoms with Crippen molar-refractivity contribution in [3.05, 3.63) is 30.3 Å². The van der Waals surface area contributed by atoms with Gasteiger partial charge in [-0.25, -0.2) is 4.18 Å². The second kappa shape index (κ2) is 8.73. The van der Waals surface area contributed by atoms with Crippen molar-refractivity contribution in [2.24, 2.45) is 0 Å². The van der Waals surface area contributed by atoms with Gasteiger partial charge in [-0.3, -0.25) is 4.79 Å². The van der Waals surface area contributed by atoms with Crippen molar-refractivity contribution in [2.45, 2.75) is 37.6 Å². The smallest absolute Gasteiger partial charge is 0.444 e. The number of aliphatic hydroxyl groups is 2. The average molecular weight is 393 g/mol. The summed E-state index contributed by atoms with van der Waals surface area (Å²) in [6, 6.07) is 7.32. The summed E-state index contributed by atoms with van der Waals surface area (Å²) in [4.78, 5) is 11.4. The minimum atomic E-state index is -4.36. The molecule has 26 heavy (non-hydrogen) atoms. The standard InChI is InChI=1S/C14H20N2O9S/c1-8(17)16-11-13(19)12(18)10(7-22-26(20,21)25-15)24-14(11)23-9-5-3-2-4-6-9/h2-6,10-14,18-19H,7H2,1,15H3/p+1. The molecule has 1 aromatic rings. The lowest BCUT2D eigenvalue weighted by atomic mass is 9.97. The van der Waals surface area contributed by atoms with E-state index in [9.17, 15) is 23.4 Å². The number of amides is 1. The highest BCUT2D eigenvalue weighted by atomic mass is 32.3. The number of nitrogens with one attached hydrogen (secondary N) is 1. The lowest BCUT2D eigenvalue weighted by molar-refractivity contribution is -0.637. The molecule has 5 unspecified atom stereocenters. The first-order valence-corrected chi connectivity index (χ1v) is 8.90. The normalized spacial score (nSPS) is 29.2. The molecule has 0 radical (unpaired) electrons. The third kappa shape index (κ3) is 5.35. The highest BCUT2D eigenvalue weighted by Gasteiger charge is 2.46. The Hall–Kier alpha value is -1.80. The van der Waals surface area contributed by atoms with Gasteiger partial charge in [0.05, 0.1) is 6.61 Å². The van der Waals surface area contributed by atoms with Gasteiger partial charge in [0.2, 0.25) is 12.2 Å². The molecule has 146 valence electrons. The van der Waals surface area contributed by atoms with Crippen LogP contribution < -0.4 is 16.0 Å². The lowest BCUT2D eigenvalue weighted by Gasteiger charge is -2.42. The predicted molar refractivity (Wildman–Crippen MR) is 84.2 cm³/mol. The van der Waals surface area contributed by atoms with Gasteiger partial charge in [-0.2, -0.15) is 14.3 Å². The molecule has 12 heteroatoms. The molecule has 1 heterocycles. The molecular formula is C14H21N2O9S+. The third-order valence-corrected chi connectivity index (χ3v) is 4.30. The van der Waals surface area contributed by atoms with E-state index in [0.29, 0.717) is 5.75 Å². The maximum atomic E-state index is 11.4. The van der Waals surface area contributed by atoms with Crippen LogP contribution in [-0.2, 0) is 28.4 Å². The summed E-state index contributed by atoms with van der Waals surface area (Å²) in [6.45, 7) is 0.573. The SMILES string of the molecule is CC(=O)NC1C(Oc2ccccc2)OC(COS(=O)(=O)O[NH3+])C(O)C1O. The summed E-state index contributed by atoms with van der Waals surface area (Å²) in [6.07, 6.45) is -5.54. The Labute approximate surface area is 149 Å². The highest BCUT2D eigenvalue weighted by Crippen LogP contribution is 2.25. The second-order valence-electron chi connectivity index (χ2n) is 5.49. The van der Waals surface area contributed by atoms with Gasteiger partial charge in [0.15, 0.2) is 0 Å². The van der Waals surface area contributed by atoms with Crippen molar-refractivity contribution < 1.29 is 47.3 Å². The van der Waals surface area contributed by atoms with Crippen LogP contribution in [0, 0.1) is 0 Å². The van der Waals surface area contributed by atoms with Gasteiger partial charge in [0.25, 0.3) is 0 Å². The number of hydrogen-bond donors (Lipinski definition) is 4. The number of benzene rings is 1. The summed E-state index contributed by atoms with van der Waals surface area (Å²) in [5.41, 5.74) is 0. The number of carbonyl (C=O) groups excluding carboxylic acids is 1. The molecule has 1 fully saturated rings. The Morgan fingerprint density at radius 2 is 1.92 bits per heavy atom. The van der Waals surface area contributed by atoms with Crippen molar-refractivity contribution in [3.8, 4) is 5.75 Å². The van der Waals surface area contributed by atoms with Crippen molar-refractivity contribution in [1.82, 2.24) is 5.32 Å². The molecule has 1 saturated heterocycles. The van der Waals surface area contributed by atoms with Gasteiger partial charge in [0.1, 0.15) is 30.1 Å². The molecular weight excluding hydrogens is 372 g/mol. The molecule has 0 aromatic heterocycles. The summed E-state index contributed by atoms with van der Waals surface area (Å²) in [7, 11) is -4.36. The minimum Gasteiger partial charge on any atom is -0.463 e. The van der Waals surface area contributed by atoms with Crippen LogP contribution in [0.3, 0.4) is 0 Å². The molecule has 1 amide bonds. The number of hydrogen-bond acceptors (Lipinski definition) is 9. The number of para-hydroxylation sites is 1. The van der Waals surface area contributed by atoms with E-state index in [1.54, 1.807) is 30.3 Å². The Balaban J connectivity index is 2.17. The van der Waals surface area contributed by atoms with Crippen LogP contribution in [0.1, 0.15) is 6.92 Å². The zero-order valence-electron chi connectivity index (χ0n) is 13.8. The van der Waals surface area contributed by atoms with E-state index in [-0.39, 0.29) is 0 Å². The maximum absolute atomic E-state index is 11.4. The van der Waals surface area contributed by atoms with Crippen molar-refractivity contribution in [2.75, 3.05) is 6.61 Å². The van der Waals surface area contributed by atoms with Gasteiger partial charge in [-0.05, 0) is 12.1 Å². The van der Waals surface area contributed by atoms with Crippen LogP contribution in [-0.4, -0.2) is 61.8 Å². The lowest BCUT2D eigenvalue weighted by Crippen LogP contribution is -2.65. The van der Waals surface area contributed by atoms with E-state index in [0.717, 1.165) is 0 Å². The molecule has 1 aromatic carbocycles. The summed E-state index contributed by atoms with van der Waals surface area (Å²) in [5.74, 6) is 2.63. The zero-order chi connectivity index (χ0) is 19.3. The number of quaternary nitrogens is 1. The van der Waals surface area contributed by atoms with Gasteiger partial charge in [0, 0.05) is 6.92 Å². The highest BCUT2D eigenvalue weighted by molar-refractivity contribution is 7.81. The van der Waals surface area contributed by atoms with E-state index >= 15 is 0 Å². The van der Waals surface area contributed by atoms with E-state index in [2.05, 4.69) is 19.7 Å². The second-order valence-corrected chi connectivity index (χ2v) is 6.78. The van der Waals surface area contributed by atoms with E-state index in [1.165, 1.54) is 6.92 Å². The number of ether oxygens (including phenoxy) is 2. The fourth-order valence-electron chi connectivity index (χ4n) is 2.38. The van der Waals surface area contributed by atoms with E-state index in [1.807, 2.05) is 0 Å². The molecule has 2 rings (SSSR count). The third-order valence-electron chi connectivity index (χ3n) is 3.59. The van der Waals surface area contributed by atoms with Crippen molar-refractivity contribution in [1.29, 1.82) is 0 Å². The van der Waals surface area contributed by atoms with Crippen molar-refractivity contribution >= 4 is 16.3 Å². The molecule has 0 aliphatic carbocycles. The van der Waals surface area contributed by atoms with Gasteiger partial charge in [-0.15, -0.1) is 0 Å². The van der Waals surface area contributed by atoms with Crippen LogP contribution >= 0.6 is 0 Å². The first-order chi connectivity index (χ1) is 12.2. The van der Waals surface area contributed by atoms with Gasteiger partial charge < -0.3 is 25.0 Å². The number of aliphatic hydroxyl groups excluding tert-OH is 2. The Bertz CT molecular complexity index is 700. The number of rotatable bonds is 7. The Morgan fingerprint density at radius 3 is 2.50 bits per heavy atom. The summed E-state index contributed by atoms with van der Waals surface area (Å²) in [5, 5.41) is 22.9. The fourth-order valence-corrected chi connectivity index (χ4v) is 2.74. The van der Waals surface area contributed by atoms with Gasteiger partial charge >= 0.3 is 10.4 Å². The quantitative estimate of drug-likeness (QED) is 0.364. The summed E-state index contributed by atoms with van der Waals surface area (Å²) >= 11 is 0. The maximum Gasteiger partial charge on any atom is 0.444 e. The Morgan fingerprint density at radius 1 is 1.27 bits per heavy atom. The molecule has 11 nitrogen and oxygen atoms in total. The molecule has 6 N–H and O–H groups in total. The largest absolute Gasteiger partial charge is 0.463 e. The Kier molecular flexibility index (Phi) is 6.88. The monoisotopic (exact) mass is 393 g/mol. The number of carbonyl (C=O) groups is 1. The molecule has 0 spiro atoms. The average Bonchev–Trinajstić information content (AvgIpc) is 2.61. The molecule has 1 aliphatic heterocycles. The van der Waals surface area contributed by atoms with Crippen LogP contribution in [0.2, 0.25) is 0 Å². The first kappa shape index (κ1) is 20.5. The molecule has 1 aliphatic rings. The van der Waals surface area contributed by atoms with Crippen LogP contribution in [0.15, 0.2) is 30.3 Å². The van der Waals surface area contributed by atoms with Gasteiger partial charge in [-0.1, -0.05) is 22.5 Å². The van der Waals surface area contributed by atoms with Crippen LogP contribution in [0.4, 0.5) is 0 Å². The molecule has 5 atom stereocenters. The first-order valence-electron chi connectivity index (χ1n) is 7.57.